The third kappa shape index (κ3) is 5.05. The van der Waals surface area contributed by atoms with E-state index in [0.717, 1.165) is 11.3 Å². The summed E-state index contributed by atoms with van der Waals surface area (Å²) in [6.45, 7) is 3.84. The number of pyridine rings is 1. The van der Waals surface area contributed by atoms with E-state index in [-0.39, 0.29) is 40.5 Å². The average molecular weight is 543 g/mol. The van der Waals surface area contributed by atoms with Gasteiger partial charge in [0.25, 0.3) is 11.1 Å². The molecular formula is C30H27FN4O3S. The van der Waals surface area contributed by atoms with Crippen LogP contribution in [-0.4, -0.2) is 24.2 Å². The molecule has 0 aliphatic heterocycles. The van der Waals surface area contributed by atoms with Crippen LogP contribution in [0, 0.1) is 12.7 Å². The largest absolute Gasteiger partial charge is 0.493 e. The number of aromatic nitrogens is 4. The van der Waals surface area contributed by atoms with Crippen LogP contribution in [0.1, 0.15) is 41.8 Å². The van der Waals surface area contributed by atoms with E-state index in [0.29, 0.717) is 17.0 Å². The Kier molecular flexibility index (Phi) is 7.26. The van der Waals surface area contributed by atoms with Gasteiger partial charge in [-0.15, -0.1) is 11.3 Å². The van der Waals surface area contributed by atoms with Crippen LogP contribution >= 0.6 is 11.3 Å². The molecule has 5 aromatic rings. The van der Waals surface area contributed by atoms with E-state index in [1.807, 2.05) is 49.6 Å². The molecule has 0 fully saturated rings. The molecule has 0 aliphatic carbocycles. The first-order chi connectivity index (χ1) is 18.8. The number of hydrogen-bond donors (Lipinski definition) is 1. The van der Waals surface area contributed by atoms with E-state index in [2.05, 4.69) is 9.97 Å². The fourth-order valence-electron chi connectivity index (χ4n) is 4.75. The molecule has 198 valence electrons. The van der Waals surface area contributed by atoms with Crippen LogP contribution in [0.2, 0.25) is 0 Å². The number of aromatic hydroxyl groups is 1. The molecule has 9 heteroatoms. The van der Waals surface area contributed by atoms with E-state index >= 15 is 4.39 Å². The Balaban J connectivity index is 1.62. The monoisotopic (exact) mass is 542 g/mol. The highest BCUT2D eigenvalue weighted by Gasteiger charge is 2.25. The molecule has 0 amide bonds. The van der Waals surface area contributed by atoms with Crippen molar-refractivity contribution in [1.82, 2.24) is 19.1 Å². The first-order valence-electron chi connectivity index (χ1n) is 12.5. The maximum Gasteiger partial charge on any atom is 0.261 e. The number of rotatable bonds is 7. The number of thiazole rings is 1. The van der Waals surface area contributed by atoms with Gasteiger partial charge in [-0.3, -0.25) is 14.2 Å². The van der Waals surface area contributed by atoms with Gasteiger partial charge in [0.1, 0.15) is 5.82 Å². The number of benzene rings is 2. The first kappa shape index (κ1) is 26.2. The zero-order valence-corrected chi connectivity index (χ0v) is 22.6. The van der Waals surface area contributed by atoms with Gasteiger partial charge in [-0.2, -0.15) is 4.98 Å². The summed E-state index contributed by atoms with van der Waals surface area (Å²) in [7, 11) is 1.61. The van der Waals surface area contributed by atoms with Gasteiger partial charge < -0.3 is 9.67 Å². The smallest absolute Gasteiger partial charge is 0.261 e. The SMILES string of the molecule is CC[C@@H](c1ccccc1)n1c(-c2nc(C)cs2)nc(O)c(Cc2ccc(-c3cccn(C)c3=O)c(F)c2)c1=O. The molecule has 3 aromatic heterocycles. The molecule has 0 radical (unpaired) electrons. The second kappa shape index (κ2) is 10.8. The minimum Gasteiger partial charge on any atom is -0.493 e. The summed E-state index contributed by atoms with van der Waals surface area (Å²) in [6, 6.07) is 17.0. The van der Waals surface area contributed by atoms with Crippen molar-refractivity contribution in [2.24, 2.45) is 7.05 Å². The molecule has 0 saturated carbocycles. The predicted octanol–water partition coefficient (Wildman–Crippen LogP) is 5.48. The molecule has 0 unspecified atom stereocenters. The van der Waals surface area contributed by atoms with Crippen molar-refractivity contribution in [3.8, 4) is 27.8 Å². The van der Waals surface area contributed by atoms with Crippen LogP contribution in [0.5, 0.6) is 5.88 Å². The van der Waals surface area contributed by atoms with Crippen molar-refractivity contribution in [2.45, 2.75) is 32.7 Å². The lowest BCUT2D eigenvalue weighted by Gasteiger charge is -2.22. The van der Waals surface area contributed by atoms with Gasteiger partial charge >= 0.3 is 0 Å². The standard InChI is InChI=1S/C30H27FN4O3S/c1-4-25(20-9-6-5-7-10-20)35-26(28-32-18(2)17-39-28)33-27(36)23(30(35)38)15-19-12-13-21(24(31)16-19)22-11-8-14-34(3)29(22)37/h5-14,16-17,25,36H,4,15H2,1-3H3/t25-/m0/s1. The molecule has 39 heavy (non-hydrogen) atoms. The van der Waals surface area contributed by atoms with Crippen molar-refractivity contribution in [3.05, 3.63) is 121 Å². The summed E-state index contributed by atoms with van der Waals surface area (Å²) >= 11 is 1.35. The quantitative estimate of drug-likeness (QED) is 0.294. The lowest BCUT2D eigenvalue weighted by molar-refractivity contribution is 0.434. The fraction of sp³-hybridized carbons (Fsp3) is 0.200. The van der Waals surface area contributed by atoms with Crippen molar-refractivity contribution < 1.29 is 9.50 Å². The predicted molar refractivity (Wildman–Crippen MR) is 151 cm³/mol. The Morgan fingerprint density at radius 1 is 1.00 bits per heavy atom. The molecular weight excluding hydrogens is 515 g/mol. The molecule has 1 N–H and O–H groups in total. The van der Waals surface area contributed by atoms with Gasteiger partial charge in [0.05, 0.1) is 17.2 Å². The van der Waals surface area contributed by atoms with E-state index in [1.165, 1.54) is 28.0 Å². The Morgan fingerprint density at radius 2 is 1.77 bits per heavy atom. The van der Waals surface area contributed by atoms with E-state index in [9.17, 15) is 14.7 Å². The molecule has 3 heterocycles. The van der Waals surface area contributed by atoms with Crippen LogP contribution < -0.4 is 11.1 Å². The van der Waals surface area contributed by atoms with Crippen molar-refractivity contribution >= 4 is 11.3 Å². The molecule has 7 nitrogen and oxygen atoms in total. The molecule has 0 bridgehead atoms. The molecule has 5 rings (SSSR count). The highest BCUT2D eigenvalue weighted by Crippen LogP contribution is 2.31. The van der Waals surface area contributed by atoms with Gasteiger partial charge in [-0.1, -0.05) is 49.4 Å². The van der Waals surface area contributed by atoms with Crippen molar-refractivity contribution in [3.63, 3.8) is 0 Å². The van der Waals surface area contributed by atoms with Gasteiger partial charge in [0.15, 0.2) is 10.8 Å². The fourth-order valence-corrected chi connectivity index (χ4v) is 5.53. The highest BCUT2D eigenvalue weighted by molar-refractivity contribution is 7.13. The minimum atomic E-state index is -0.589. The first-order valence-corrected chi connectivity index (χ1v) is 13.4. The van der Waals surface area contributed by atoms with Crippen LogP contribution in [-0.2, 0) is 13.5 Å². The number of aryl methyl sites for hydroxylation is 2. The van der Waals surface area contributed by atoms with Crippen molar-refractivity contribution in [2.75, 3.05) is 0 Å². The summed E-state index contributed by atoms with van der Waals surface area (Å²) in [5.41, 5.74) is 1.93. The zero-order chi connectivity index (χ0) is 27.7. The number of halogens is 1. The molecule has 2 aromatic carbocycles. The van der Waals surface area contributed by atoms with E-state index in [1.54, 1.807) is 36.0 Å². The molecule has 1 atom stereocenters. The second-order valence-corrected chi connectivity index (χ2v) is 10.2. The Bertz CT molecular complexity index is 1780. The third-order valence-corrected chi connectivity index (χ3v) is 7.66. The normalized spacial score (nSPS) is 12.0. The van der Waals surface area contributed by atoms with Gasteiger partial charge in [0.2, 0.25) is 5.88 Å². The Hall–Kier alpha value is -4.37. The van der Waals surface area contributed by atoms with Crippen LogP contribution in [0.3, 0.4) is 0 Å². The number of hydrogen-bond acceptors (Lipinski definition) is 6. The lowest BCUT2D eigenvalue weighted by atomic mass is 10.00. The van der Waals surface area contributed by atoms with Gasteiger partial charge in [-0.05, 0) is 42.7 Å². The van der Waals surface area contributed by atoms with Crippen LogP contribution in [0.25, 0.3) is 22.0 Å². The van der Waals surface area contributed by atoms with Crippen LogP contribution in [0.15, 0.2) is 81.8 Å². The van der Waals surface area contributed by atoms with Gasteiger partial charge in [0, 0.05) is 36.3 Å². The lowest BCUT2D eigenvalue weighted by Crippen LogP contribution is -2.31. The average Bonchev–Trinajstić information content (AvgIpc) is 3.36. The van der Waals surface area contributed by atoms with Crippen molar-refractivity contribution in [1.29, 1.82) is 0 Å². The maximum absolute atomic E-state index is 15.2. The summed E-state index contributed by atoms with van der Waals surface area (Å²) in [5.74, 6) is -0.714. The highest BCUT2D eigenvalue weighted by atomic mass is 32.1. The van der Waals surface area contributed by atoms with Gasteiger partial charge in [-0.25, -0.2) is 9.37 Å². The minimum absolute atomic E-state index is 0.0376. The Labute approximate surface area is 228 Å². The Morgan fingerprint density at radius 3 is 2.44 bits per heavy atom. The number of nitrogens with zero attached hydrogens (tertiary/aromatic N) is 4. The third-order valence-electron chi connectivity index (χ3n) is 6.71. The molecule has 0 saturated heterocycles. The maximum atomic E-state index is 15.2. The summed E-state index contributed by atoms with van der Waals surface area (Å²) in [6.07, 6.45) is 2.17. The van der Waals surface area contributed by atoms with E-state index in [4.69, 9.17) is 0 Å². The van der Waals surface area contributed by atoms with Crippen LogP contribution in [0.4, 0.5) is 4.39 Å². The summed E-state index contributed by atoms with van der Waals surface area (Å²) in [5, 5.41) is 13.3. The summed E-state index contributed by atoms with van der Waals surface area (Å²) in [4.78, 5) is 35.5. The van der Waals surface area contributed by atoms with E-state index < -0.39 is 17.3 Å². The zero-order valence-electron chi connectivity index (χ0n) is 21.8. The second-order valence-electron chi connectivity index (χ2n) is 9.37. The topological polar surface area (TPSA) is 90.0 Å². The molecule has 0 spiro atoms. The molecule has 0 aliphatic rings. The summed E-state index contributed by atoms with van der Waals surface area (Å²) < 4.78 is 18.2.